The van der Waals surface area contributed by atoms with Crippen LogP contribution in [0, 0.1) is 23.3 Å². The van der Waals surface area contributed by atoms with Crippen LogP contribution in [0.5, 0.6) is 11.5 Å². The van der Waals surface area contributed by atoms with E-state index in [0.29, 0.717) is 80.9 Å². The molecule has 0 heterocycles. The van der Waals surface area contributed by atoms with Gasteiger partial charge >= 0.3 is 5.97 Å². The number of sulfone groups is 2. The Hall–Kier alpha value is -4.51. The largest absolute Gasteiger partial charge is 0.484 e. The van der Waals surface area contributed by atoms with Gasteiger partial charge in [0, 0.05) is 25.4 Å². The minimum absolute atomic E-state index is 0.133. The van der Waals surface area contributed by atoms with Crippen LogP contribution in [0.3, 0.4) is 0 Å². The van der Waals surface area contributed by atoms with Crippen LogP contribution in [0.2, 0.25) is 0 Å². The van der Waals surface area contributed by atoms with Gasteiger partial charge in [-0.1, -0.05) is 51.0 Å². The summed E-state index contributed by atoms with van der Waals surface area (Å²) < 4.78 is 121. The van der Waals surface area contributed by atoms with Gasteiger partial charge in [-0.15, -0.1) is 0 Å². The lowest BCUT2D eigenvalue weighted by Gasteiger charge is -2.29. The maximum atomic E-state index is 14.7. The van der Waals surface area contributed by atoms with Crippen LogP contribution in [-0.4, -0.2) is 70.1 Å². The van der Waals surface area contributed by atoms with Crippen molar-refractivity contribution in [1.29, 1.82) is 0 Å². The molecule has 0 unspecified atom stereocenters. The number of aliphatic hydroxyl groups is 1. The fraction of sp³-hybridized carbons (Fsp3) is 0.458. The average Bonchev–Trinajstić information content (AvgIpc) is 3.25. The Kier molecular flexibility index (Phi) is 20.3. The molecule has 2 saturated carbocycles. The van der Waals surface area contributed by atoms with E-state index in [1.807, 2.05) is 13.8 Å². The Morgan fingerprint density at radius 2 is 0.908 bits per heavy atom. The van der Waals surface area contributed by atoms with Crippen molar-refractivity contribution in [3.63, 3.8) is 0 Å². The Morgan fingerprint density at radius 1 is 0.569 bits per heavy atom. The number of hydrogen-bond donors (Lipinski definition) is 1. The van der Waals surface area contributed by atoms with Gasteiger partial charge in [-0.05, 0) is 147 Å². The second-order valence-corrected chi connectivity index (χ2v) is 20.7. The predicted octanol–water partition coefficient (Wildman–Crippen LogP) is 11.1. The number of carbonyl (C=O) groups is 2. The summed E-state index contributed by atoms with van der Waals surface area (Å²) in [6, 6.07) is 16.3. The number of benzene rings is 4. The first kappa shape index (κ1) is 53.1. The number of ether oxygens (including phenoxy) is 3. The molecular weight excluding hydrogens is 912 g/mol. The van der Waals surface area contributed by atoms with Crippen molar-refractivity contribution in [2.24, 2.45) is 0 Å². The van der Waals surface area contributed by atoms with Gasteiger partial charge in [-0.2, -0.15) is 0 Å². The Bertz CT molecular complexity index is 2370. The Morgan fingerprint density at radius 3 is 1.23 bits per heavy atom. The first-order chi connectivity index (χ1) is 30.7. The fourth-order valence-corrected chi connectivity index (χ4v) is 8.51. The lowest BCUT2D eigenvalue weighted by molar-refractivity contribution is -0.151. The van der Waals surface area contributed by atoms with Gasteiger partial charge in [-0.25, -0.2) is 34.4 Å². The van der Waals surface area contributed by atoms with Crippen molar-refractivity contribution in [3.8, 4) is 33.8 Å². The van der Waals surface area contributed by atoms with Gasteiger partial charge in [-0.3, -0.25) is 9.59 Å². The Labute approximate surface area is 384 Å². The predicted molar refractivity (Wildman–Crippen MR) is 241 cm³/mol. The number of unbranched alkanes of at least 4 members (excludes halogenated alkanes) is 2. The zero-order chi connectivity index (χ0) is 47.9. The molecule has 6 rings (SSSR count). The van der Waals surface area contributed by atoms with Crippen molar-refractivity contribution >= 4 is 42.5 Å². The number of rotatable bonds is 15. The monoisotopic (exact) mass is 968 g/mol. The maximum absolute atomic E-state index is 14.7. The molecule has 1 N–H and O–H groups in total. The third-order valence-corrected chi connectivity index (χ3v) is 13.3. The Balaban J connectivity index is 0.000000252. The summed E-state index contributed by atoms with van der Waals surface area (Å²) in [6.07, 6.45) is 10.1. The molecule has 2 aliphatic rings. The number of aliphatic hydroxyl groups excluding tert-OH is 1. The van der Waals surface area contributed by atoms with Gasteiger partial charge in [0.15, 0.2) is 54.4 Å². The summed E-state index contributed by atoms with van der Waals surface area (Å²) in [6.45, 7) is 4.04. The molecule has 2 aliphatic carbocycles. The summed E-state index contributed by atoms with van der Waals surface area (Å²) in [4.78, 5) is 22.0. The molecule has 0 amide bonds. The van der Waals surface area contributed by atoms with Crippen molar-refractivity contribution in [2.75, 3.05) is 12.5 Å². The molecule has 0 radical (unpaired) electrons. The molecule has 0 spiro atoms. The second-order valence-electron chi connectivity index (χ2n) is 16.2. The van der Waals surface area contributed by atoms with Crippen molar-refractivity contribution in [2.45, 2.75) is 138 Å². The van der Waals surface area contributed by atoms with Crippen molar-refractivity contribution < 1.29 is 63.3 Å². The SMILES string of the molecule is CCCCC(=O)Cl.CCCCC(=O)OC1CCC(Oc2c(F)cc(-c3ccc(S(C)(=O)=O)cc3)cc2F)CC1.CS(=O)(=O)c1ccc(-c2cc(F)c(OC3CCC(O)CC3)c(F)c2)cc1. The number of hydrogen-bond acceptors (Lipinski definition) is 10. The molecule has 4 aromatic rings. The van der Waals surface area contributed by atoms with Gasteiger partial charge in [0.2, 0.25) is 5.24 Å². The van der Waals surface area contributed by atoms with Gasteiger partial charge < -0.3 is 19.3 Å². The lowest BCUT2D eigenvalue weighted by atomic mass is 9.94. The van der Waals surface area contributed by atoms with E-state index in [2.05, 4.69) is 0 Å². The molecule has 0 aromatic heterocycles. The first-order valence-electron chi connectivity index (χ1n) is 21.7. The van der Waals surface area contributed by atoms with E-state index >= 15 is 0 Å². The van der Waals surface area contributed by atoms with E-state index < -0.39 is 54.4 Å². The lowest BCUT2D eigenvalue weighted by Crippen LogP contribution is -2.30. The molecule has 17 heteroatoms. The number of carbonyl (C=O) groups excluding carboxylic acids is 2. The van der Waals surface area contributed by atoms with Crippen molar-refractivity contribution in [1.82, 2.24) is 0 Å². The number of halogens is 5. The normalized spacial score (nSPS) is 18.6. The van der Waals surface area contributed by atoms with Gasteiger partial charge in [0.1, 0.15) is 6.10 Å². The third kappa shape index (κ3) is 17.0. The molecule has 0 bridgehead atoms. The van der Waals surface area contributed by atoms with E-state index in [1.54, 1.807) is 0 Å². The summed E-state index contributed by atoms with van der Waals surface area (Å²) in [5, 5.41) is 9.27. The van der Waals surface area contributed by atoms with Crippen LogP contribution in [0.25, 0.3) is 22.3 Å². The molecule has 0 aliphatic heterocycles. The van der Waals surface area contributed by atoms with Crippen LogP contribution in [0.15, 0.2) is 82.6 Å². The highest BCUT2D eigenvalue weighted by atomic mass is 35.5. The molecule has 2 fully saturated rings. The first-order valence-corrected chi connectivity index (χ1v) is 25.8. The van der Waals surface area contributed by atoms with E-state index in [4.69, 9.17) is 25.8 Å². The van der Waals surface area contributed by atoms with Crippen LogP contribution in [-0.2, 0) is 34.0 Å². The molecule has 10 nitrogen and oxygen atoms in total. The highest BCUT2D eigenvalue weighted by Gasteiger charge is 2.28. The maximum Gasteiger partial charge on any atom is 0.306 e. The quantitative estimate of drug-likeness (QED) is 0.0693. The molecular formula is C48H57ClF4O10S2. The van der Waals surface area contributed by atoms with Crippen LogP contribution in [0.4, 0.5) is 17.6 Å². The van der Waals surface area contributed by atoms with Crippen molar-refractivity contribution in [3.05, 3.63) is 96.1 Å². The van der Waals surface area contributed by atoms with Gasteiger partial charge in [0.25, 0.3) is 0 Å². The molecule has 65 heavy (non-hydrogen) atoms. The zero-order valence-corrected chi connectivity index (χ0v) is 39.4. The molecule has 0 atom stereocenters. The summed E-state index contributed by atoms with van der Waals surface area (Å²) >= 11 is 5.02. The standard InChI is InChI=1S/C24H28F2O5S.C19H20F2O4S.C5H9ClO/c1-3-4-5-23(27)30-18-8-10-19(11-9-18)31-24-21(25)14-17(15-22(24)26)16-6-12-20(13-7-16)32(2,28)29;1-26(23,24)16-8-2-12(3-9-16)13-10-17(20)19(18(21)11-13)25-15-6-4-14(22)5-7-15;1-2-3-4-5(6)7/h6-7,12-15,18-19H,3-5,8-11H2,1-2H3;2-3,8-11,14-15,22H,4-7H2,1H3;2-4H2,1H3. The highest BCUT2D eigenvalue weighted by molar-refractivity contribution is 7.91. The van der Waals surface area contributed by atoms with E-state index in [9.17, 15) is 49.1 Å². The highest BCUT2D eigenvalue weighted by Crippen LogP contribution is 2.34. The zero-order valence-electron chi connectivity index (χ0n) is 37.0. The molecule has 0 saturated heterocycles. The van der Waals surface area contributed by atoms with Crippen LogP contribution >= 0.6 is 11.6 Å². The molecule has 356 valence electrons. The van der Waals surface area contributed by atoms with E-state index in [-0.39, 0.29) is 51.0 Å². The second kappa shape index (κ2) is 24.9. The van der Waals surface area contributed by atoms with E-state index in [0.717, 1.165) is 38.2 Å². The third-order valence-electron chi connectivity index (χ3n) is 10.8. The minimum atomic E-state index is -3.35. The number of esters is 1. The average molecular weight is 970 g/mol. The summed E-state index contributed by atoms with van der Waals surface area (Å²) in [5.41, 5.74) is 1.58. The van der Waals surface area contributed by atoms with Gasteiger partial charge in [0.05, 0.1) is 28.1 Å². The van der Waals surface area contributed by atoms with E-state index in [1.165, 1.54) is 72.8 Å². The summed E-state index contributed by atoms with van der Waals surface area (Å²) in [5.74, 6) is -4.29. The summed E-state index contributed by atoms with van der Waals surface area (Å²) in [7, 11) is -6.68. The minimum Gasteiger partial charge on any atom is -0.484 e. The van der Waals surface area contributed by atoms with Crippen LogP contribution < -0.4 is 9.47 Å². The molecule has 4 aromatic carbocycles. The fourth-order valence-electron chi connectivity index (χ4n) is 7.11. The smallest absolute Gasteiger partial charge is 0.306 e. The topological polar surface area (TPSA) is 150 Å². The van der Waals surface area contributed by atoms with Crippen LogP contribution in [0.1, 0.15) is 104 Å².